The van der Waals surface area contributed by atoms with Crippen LogP contribution < -0.4 is 10.5 Å². The van der Waals surface area contributed by atoms with Crippen molar-refractivity contribution in [3.05, 3.63) is 24.3 Å². The van der Waals surface area contributed by atoms with E-state index < -0.39 is 30.0 Å². The smallest absolute Gasteiger partial charge is 0.442 e. The van der Waals surface area contributed by atoms with Crippen molar-refractivity contribution >= 4 is 24.4 Å². The van der Waals surface area contributed by atoms with E-state index in [0.717, 1.165) is 10.5 Å². The summed E-state index contributed by atoms with van der Waals surface area (Å²) in [6, 6.07) is 7.25. The van der Waals surface area contributed by atoms with Crippen molar-refractivity contribution in [1.82, 2.24) is 0 Å². The number of hydrogen-bond acceptors (Lipinski definition) is 5. The number of anilines is 1. The Balaban J connectivity index is 2.15. The minimum absolute atomic E-state index is 0.397. The number of hydrogen-bond donors (Lipinski definition) is 0. The summed E-state index contributed by atoms with van der Waals surface area (Å²) in [7, 11) is 0.975. The molecule has 1 amide bonds. The van der Waals surface area contributed by atoms with E-state index in [2.05, 4.69) is 0 Å². The lowest BCUT2D eigenvalue weighted by atomic mass is 9.79. The maximum atomic E-state index is 12.2. The summed E-state index contributed by atoms with van der Waals surface area (Å²) >= 11 is 0. The normalized spacial score (nSPS) is 19.0. The van der Waals surface area contributed by atoms with Gasteiger partial charge in [0.1, 0.15) is 5.60 Å². The van der Waals surface area contributed by atoms with Crippen LogP contribution in [-0.4, -0.2) is 37.1 Å². The fraction of sp³-hybridized carbons (Fsp3) is 0.611. The molecule has 0 radical (unpaired) electrons. The van der Waals surface area contributed by atoms with Crippen molar-refractivity contribution in [2.24, 2.45) is 0 Å². The number of benzene rings is 1. The van der Waals surface area contributed by atoms with Gasteiger partial charge in [-0.1, -0.05) is 12.1 Å². The van der Waals surface area contributed by atoms with E-state index in [-0.39, 0.29) is 0 Å². The summed E-state index contributed by atoms with van der Waals surface area (Å²) in [5, 5.41) is 1.11. The van der Waals surface area contributed by atoms with E-state index in [4.69, 9.17) is 18.9 Å². The lowest BCUT2D eigenvalue weighted by Crippen LogP contribution is -2.41. The van der Waals surface area contributed by atoms with Crippen LogP contribution in [0.15, 0.2) is 24.3 Å². The van der Waals surface area contributed by atoms with E-state index in [1.165, 1.54) is 7.11 Å². The van der Waals surface area contributed by atoms with Crippen LogP contribution in [0.4, 0.5) is 10.5 Å². The van der Waals surface area contributed by atoms with Crippen LogP contribution in [0.1, 0.15) is 48.5 Å². The molecular formula is C18H28BNO5. The molecule has 0 aliphatic carbocycles. The third-order valence-corrected chi connectivity index (χ3v) is 4.39. The summed E-state index contributed by atoms with van der Waals surface area (Å²) in [4.78, 5) is 17.4. The molecule has 0 N–H and O–H groups in total. The average Bonchev–Trinajstić information content (AvgIpc) is 2.67. The zero-order chi connectivity index (χ0) is 19.0. The zero-order valence-electron chi connectivity index (χ0n) is 16.4. The highest BCUT2D eigenvalue weighted by molar-refractivity contribution is 6.62. The van der Waals surface area contributed by atoms with E-state index in [0.29, 0.717) is 5.69 Å². The van der Waals surface area contributed by atoms with Crippen LogP contribution in [-0.2, 0) is 18.9 Å². The van der Waals surface area contributed by atoms with E-state index in [1.807, 2.05) is 39.8 Å². The van der Waals surface area contributed by atoms with Crippen LogP contribution in [0.5, 0.6) is 0 Å². The molecule has 0 bridgehead atoms. The minimum atomic E-state index is -0.601. The zero-order valence-corrected chi connectivity index (χ0v) is 16.4. The second-order valence-electron chi connectivity index (χ2n) is 8.14. The summed E-state index contributed by atoms with van der Waals surface area (Å²) in [6.45, 7) is 13.5. The molecule has 0 atom stereocenters. The summed E-state index contributed by atoms with van der Waals surface area (Å²) in [6.07, 6.45) is -0.571. The number of amides is 1. The summed E-state index contributed by atoms with van der Waals surface area (Å²) < 4.78 is 17.4. The molecule has 1 aliphatic rings. The van der Waals surface area contributed by atoms with Gasteiger partial charge in [-0.05, 0) is 66.1 Å². The van der Waals surface area contributed by atoms with Gasteiger partial charge in [-0.3, -0.25) is 4.84 Å². The van der Waals surface area contributed by atoms with Crippen molar-refractivity contribution in [2.45, 2.75) is 65.3 Å². The molecule has 0 unspecified atom stereocenters. The van der Waals surface area contributed by atoms with Gasteiger partial charge >= 0.3 is 13.2 Å². The number of rotatable bonds is 3. The van der Waals surface area contributed by atoms with Gasteiger partial charge in [0.15, 0.2) is 0 Å². The molecule has 0 spiro atoms. The maximum absolute atomic E-state index is 12.2. The molecular weight excluding hydrogens is 321 g/mol. The number of carbonyl (C=O) groups is 1. The van der Waals surface area contributed by atoms with Gasteiger partial charge in [-0.2, -0.15) is 5.06 Å². The molecule has 1 fully saturated rings. The van der Waals surface area contributed by atoms with Crippen molar-refractivity contribution < 1.29 is 23.7 Å². The first-order valence-corrected chi connectivity index (χ1v) is 8.39. The summed E-state index contributed by atoms with van der Waals surface area (Å²) in [5.74, 6) is 0. The average molecular weight is 349 g/mol. The highest BCUT2D eigenvalue weighted by atomic mass is 16.7. The monoisotopic (exact) mass is 349 g/mol. The molecule has 1 aliphatic heterocycles. The Morgan fingerprint density at radius 3 is 1.92 bits per heavy atom. The molecule has 1 aromatic carbocycles. The summed E-state index contributed by atoms with van der Waals surface area (Å²) in [5.41, 5.74) is 0.0486. The Morgan fingerprint density at radius 1 is 1.04 bits per heavy atom. The largest absolute Gasteiger partial charge is 0.494 e. The first-order valence-electron chi connectivity index (χ1n) is 8.39. The second kappa shape index (κ2) is 6.63. The van der Waals surface area contributed by atoms with Gasteiger partial charge in [-0.25, -0.2) is 4.79 Å². The highest BCUT2D eigenvalue weighted by Gasteiger charge is 2.51. The van der Waals surface area contributed by atoms with E-state index >= 15 is 0 Å². The van der Waals surface area contributed by atoms with Crippen LogP contribution in [0.25, 0.3) is 0 Å². The Bertz CT molecular complexity index is 605. The Morgan fingerprint density at radius 2 is 1.52 bits per heavy atom. The lowest BCUT2D eigenvalue weighted by molar-refractivity contribution is 0.00578. The Kier molecular flexibility index (Phi) is 5.24. The Hall–Kier alpha value is -1.57. The molecule has 6 nitrogen and oxygen atoms in total. The van der Waals surface area contributed by atoms with Crippen molar-refractivity contribution in [2.75, 3.05) is 12.2 Å². The maximum Gasteiger partial charge on any atom is 0.494 e. The molecule has 0 aromatic heterocycles. The molecule has 2 rings (SSSR count). The van der Waals surface area contributed by atoms with Gasteiger partial charge in [0, 0.05) is 0 Å². The molecule has 7 heteroatoms. The molecule has 138 valence electrons. The lowest BCUT2D eigenvalue weighted by Gasteiger charge is -2.32. The van der Waals surface area contributed by atoms with Crippen LogP contribution in [0.3, 0.4) is 0 Å². The fourth-order valence-corrected chi connectivity index (χ4v) is 2.33. The molecule has 25 heavy (non-hydrogen) atoms. The van der Waals surface area contributed by atoms with Crippen molar-refractivity contribution in [1.29, 1.82) is 0 Å². The number of carbonyl (C=O) groups excluding carboxylic acids is 1. The highest BCUT2D eigenvalue weighted by Crippen LogP contribution is 2.36. The SMILES string of the molecule is CON(C(=O)OC(C)(C)C)c1ccc(B2OC(C)(C)C(C)(C)O2)cc1. The van der Waals surface area contributed by atoms with Crippen LogP contribution in [0, 0.1) is 0 Å². The van der Waals surface area contributed by atoms with Gasteiger partial charge in [0.25, 0.3) is 0 Å². The van der Waals surface area contributed by atoms with E-state index in [1.54, 1.807) is 32.9 Å². The van der Waals surface area contributed by atoms with Gasteiger partial charge in [-0.15, -0.1) is 0 Å². The standard InChI is InChI=1S/C18H28BNO5/c1-16(2,3)23-15(21)20(22-8)14-11-9-13(10-12-14)19-24-17(4,5)18(6,7)25-19/h9-12H,1-8H3. The molecule has 0 saturated carbocycles. The number of nitrogens with zero attached hydrogens (tertiary/aromatic N) is 1. The van der Waals surface area contributed by atoms with Crippen molar-refractivity contribution in [3.63, 3.8) is 0 Å². The number of ether oxygens (including phenoxy) is 1. The topological polar surface area (TPSA) is 57.2 Å². The van der Waals surface area contributed by atoms with Gasteiger partial charge in [0.05, 0.1) is 24.0 Å². The van der Waals surface area contributed by atoms with Crippen LogP contribution >= 0.6 is 0 Å². The first kappa shape index (κ1) is 19.8. The first-order chi connectivity index (χ1) is 11.4. The predicted molar refractivity (Wildman–Crippen MR) is 97.9 cm³/mol. The van der Waals surface area contributed by atoms with Crippen molar-refractivity contribution in [3.8, 4) is 0 Å². The fourth-order valence-electron chi connectivity index (χ4n) is 2.33. The quantitative estimate of drug-likeness (QED) is 0.619. The third kappa shape index (κ3) is 4.34. The van der Waals surface area contributed by atoms with Gasteiger partial charge in [0.2, 0.25) is 0 Å². The second-order valence-corrected chi connectivity index (χ2v) is 8.14. The minimum Gasteiger partial charge on any atom is -0.442 e. The Labute approximate surface area is 150 Å². The molecule has 1 heterocycles. The molecule has 1 aromatic rings. The van der Waals surface area contributed by atoms with E-state index in [9.17, 15) is 4.79 Å². The van der Waals surface area contributed by atoms with Crippen LogP contribution in [0.2, 0.25) is 0 Å². The third-order valence-electron chi connectivity index (χ3n) is 4.39. The predicted octanol–water partition coefficient (Wildman–Crippen LogP) is 3.29. The number of hydroxylamine groups is 1. The van der Waals surface area contributed by atoms with Gasteiger partial charge < -0.3 is 14.0 Å². The molecule has 1 saturated heterocycles.